The highest BCUT2D eigenvalue weighted by Gasteiger charge is 2.15. The van der Waals surface area contributed by atoms with Crippen LogP contribution in [0.3, 0.4) is 0 Å². The highest BCUT2D eigenvalue weighted by molar-refractivity contribution is 7.17. The van der Waals surface area contributed by atoms with Gasteiger partial charge in [0.2, 0.25) is 0 Å². The van der Waals surface area contributed by atoms with Crippen molar-refractivity contribution in [1.82, 2.24) is 4.98 Å². The van der Waals surface area contributed by atoms with E-state index >= 15 is 0 Å². The number of thiazole rings is 1. The van der Waals surface area contributed by atoms with Crippen molar-refractivity contribution in [3.63, 3.8) is 0 Å². The second-order valence-corrected chi connectivity index (χ2v) is 6.28. The summed E-state index contributed by atoms with van der Waals surface area (Å²) in [7, 11) is 1.36. The summed E-state index contributed by atoms with van der Waals surface area (Å²) in [6.07, 6.45) is 0. The summed E-state index contributed by atoms with van der Waals surface area (Å²) in [6, 6.07) is 3.82. The number of rotatable bonds is 4. The average molecular weight is 303 g/mol. The van der Waals surface area contributed by atoms with Gasteiger partial charge in [-0.3, -0.25) is 0 Å². The van der Waals surface area contributed by atoms with E-state index in [9.17, 15) is 4.79 Å². The number of carbonyl (C=O) groups is 1. The highest BCUT2D eigenvalue weighted by atomic mass is 35.5. The number of anilines is 1. The minimum absolute atomic E-state index is 0.350. The van der Waals surface area contributed by atoms with Crippen LogP contribution in [0.4, 0.5) is 5.13 Å². The maximum Gasteiger partial charge on any atom is 0.350 e. The monoisotopic (exact) mass is 302 g/mol. The Morgan fingerprint density at radius 2 is 2.28 bits per heavy atom. The molecule has 7 heteroatoms. The van der Waals surface area contributed by atoms with E-state index in [2.05, 4.69) is 15.0 Å². The number of hydrogen-bond donors (Lipinski definition) is 1. The molecule has 2 aromatic rings. The van der Waals surface area contributed by atoms with Gasteiger partial charge in [-0.05, 0) is 19.1 Å². The fourth-order valence-corrected chi connectivity index (χ4v) is 3.27. The van der Waals surface area contributed by atoms with E-state index < -0.39 is 0 Å². The van der Waals surface area contributed by atoms with E-state index in [-0.39, 0.29) is 5.97 Å². The molecule has 0 amide bonds. The fourth-order valence-electron chi connectivity index (χ4n) is 1.36. The number of aromatic nitrogens is 1. The molecule has 1 N–H and O–H groups in total. The van der Waals surface area contributed by atoms with Crippen LogP contribution in [0.2, 0.25) is 4.34 Å². The Hall–Kier alpha value is -1.11. The zero-order chi connectivity index (χ0) is 13.1. The topological polar surface area (TPSA) is 51.2 Å². The van der Waals surface area contributed by atoms with E-state index in [0.717, 1.165) is 9.21 Å². The van der Waals surface area contributed by atoms with Crippen LogP contribution in [0.25, 0.3) is 0 Å². The van der Waals surface area contributed by atoms with Gasteiger partial charge in [-0.15, -0.1) is 11.3 Å². The second-order valence-electron chi connectivity index (χ2n) is 3.48. The predicted molar refractivity (Wildman–Crippen MR) is 74.8 cm³/mol. The largest absolute Gasteiger partial charge is 0.465 e. The van der Waals surface area contributed by atoms with Gasteiger partial charge >= 0.3 is 5.97 Å². The number of thiophene rings is 1. The van der Waals surface area contributed by atoms with Crippen LogP contribution < -0.4 is 5.32 Å². The minimum atomic E-state index is -0.350. The maximum atomic E-state index is 11.4. The molecule has 0 spiro atoms. The fraction of sp³-hybridized carbons (Fsp3) is 0.273. The minimum Gasteiger partial charge on any atom is -0.465 e. The first-order valence-corrected chi connectivity index (χ1v) is 7.15. The van der Waals surface area contributed by atoms with Crippen molar-refractivity contribution in [3.8, 4) is 0 Å². The number of nitrogens with zero attached hydrogens (tertiary/aromatic N) is 1. The third kappa shape index (κ3) is 3.01. The number of esters is 1. The van der Waals surface area contributed by atoms with Crippen molar-refractivity contribution in [1.29, 1.82) is 0 Å². The lowest BCUT2D eigenvalue weighted by Crippen LogP contribution is -1.99. The van der Waals surface area contributed by atoms with E-state index in [1.807, 2.05) is 12.1 Å². The Labute approximate surface area is 118 Å². The second kappa shape index (κ2) is 5.69. The number of methoxy groups -OCH3 is 1. The van der Waals surface area contributed by atoms with Crippen molar-refractivity contribution < 1.29 is 9.53 Å². The number of halogens is 1. The lowest BCUT2D eigenvalue weighted by Gasteiger charge is -1.98. The maximum absolute atomic E-state index is 11.4. The summed E-state index contributed by atoms with van der Waals surface area (Å²) >= 11 is 8.66. The van der Waals surface area contributed by atoms with Crippen LogP contribution in [-0.4, -0.2) is 18.1 Å². The van der Waals surface area contributed by atoms with E-state index in [1.165, 1.54) is 29.8 Å². The van der Waals surface area contributed by atoms with Crippen LogP contribution in [0.15, 0.2) is 12.1 Å². The molecule has 4 nitrogen and oxygen atoms in total. The van der Waals surface area contributed by atoms with Gasteiger partial charge in [0.1, 0.15) is 4.88 Å². The van der Waals surface area contributed by atoms with Crippen LogP contribution >= 0.6 is 34.3 Å². The predicted octanol–water partition coefficient (Wildman–Crippen LogP) is 3.57. The molecule has 96 valence electrons. The number of nitrogens with one attached hydrogen (secondary N) is 1. The Kier molecular flexibility index (Phi) is 4.21. The van der Waals surface area contributed by atoms with Gasteiger partial charge < -0.3 is 10.1 Å². The molecule has 18 heavy (non-hydrogen) atoms. The molecule has 0 atom stereocenters. The molecule has 0 aliphatic rings. The van der Waals surface area contributed by atoms with Crippen molar-refractivity contribution in [2.45, 2.75) is 13.5 Å². The number of aryl methyl sites for hydroxylation is 1. The summed E-state index contributed by atoms with van der Waals surface area (Å²) in [5.74, 6) is -0.350. The van der Waals surface area contributed by atoms with Crippen molar-refractivity contribution >= 4 is 45.4 Å². The van der Waals surface area contributed by atoms with Crippen LogP contribution in [0.5, 0.6) is 0 Å². The molecule has 0 aliphatic heterocycles. The summed E-state index contributed by atoms with van der Waals surface area (Å²) in [4.78, 5) is 17.4. The summed E-state index contributed by atoms with van der Waals surface area (Å²) in [6.45, 7) is 2.43. The van der Waals surface area contributed by atoms with Gasteiger partial charge in [0.25, 0.3) is 0 Å². The average Bonchev–Trinajstić information content (AvgIpc) is 2.92. The standard InChI is InChI=1S/C11H11ClN2O2S2/c1-6-9(10(15)16-2)18-11(14-6)13-5-7-3-4-8(12)17-7/h3-4H,5H2,1-2H3,(H,13,14). The Morgan fingerprint density at radius 3 is 2.89 bits per heavy atom. The summed E-state index contributed by atoms with van der Waals surface area (Å²) in [5.41, 5.74) is 0.679. The molecule has 2 heterocycles. The van der Waals surface area contributed by atoms with Gasteiger partial charge in [0.15, 0.2) is 5.13 Å². The van der Waals surface area contributed by atoms with Gasteiger partial charge in [0.05, 0.1) is 23.7 Å². The molecule has 2 aromatic heterocycles. The Morgan fingerprint density at radius 1 is 1.50 bits per heavy atom. The quantitative estimate of drug-likeness (QED) is 0.877. The van der Waals surface area contributed by atoms with E-state index in [0.29, 0.717) is 22.2 Å². The SMILES string of the molecule is COC(=O)c1sc(NCc2ccc(Cl)s2)nc1C. The summed E-state index contributed by atoms with van der Waals surface area (Å²) in [5, 5.41) is 3.87. The third-order valence-electron chi connectivity index (χ3n) is 2.21. The smallest absolute Gasteiger partial charge is 0.350 e. The Bertz CT molecular complexity index is 565. The molecular formula is C11H11ClN2O2S2. The first kappa shape index (κ1) is 13.3. The number of carbonyl (C=O) groups excluding carboxylic acids is 1. The molecule has 2 rings (SSSR count). The molecule has 0 radical (unpaired) electrons. The number of hydrogen-bond acceptors (Lipinski definition) is 6. The number of ether oxygens (including phenoxy) is 1. The van der Waals surface area contributed by atoms with E-state index in [4.69, 9.17) is 11.6 Å². The molecule has 0 aliphatic carbocycles. The van der Waals surface area contributed by atoms with Crippen LogP contribution in [0.1, 0.15) is 20.2 Å². The van der Waals surface area contributed by atoms with E-state index in [1.54, 1.807) is 6.92 Å². The van der Waals surface area contributed by atoms with Crippen LogP contribution in [-0.2, 0) is 11.3 Å². The molecule has 0 unspecified atom stereocenters. The van der Waals surface area contributed by atoms with Crippen molar-refractivity contribution in [2.24, 2.45) is 0 Å². The molecular weight excluding hydrogens is 292 g/mol. The van der Waals surface area contributed by atoms with Gasteiger partial charge in [-0.1, -0.05) is 22.9 Å². The Balaban J connectivity index is 2.04. The zero-order valence-corrected chi connectivity index (χ0v) is 12.2. The van der Waals surface area contributed by atoms with Crippen molar-refractivity contribution in [2.75, 3.05) is 12.4 Å². The molecule has 0 fully saturated rings. The molecule has 0 bridgehead atoms. The first-order chi connectivity index (χ1) is 8.60. The lowest BCUT2D eigenvalue weighted by molar-refractivity contribution is 0.0605. The summed E-state index contributed by atoms with van der Waals surface area (Å²) < 4.78 is 5.45. The van der Waals surface area contributed by atoms with Crippen LogP contribution in [0, 0.1) is 6.92 Å². The van der Waals surface area contributed by atoms with Gasteiger partial charge in [-0.25, -0.2) is 9.78 Å². The van der Waals surface area contributed by atoms with Crippen molar-refractivity contribution in [3.05, 3.63) is 31.9 Å². The van der Waals surface area contributed by atoms with Gasteiger partial charge in [-0.2, -0.15) is 0 Å². The lowest BCUT2D eigenvalue weighted by atomic mass is 10.4. The first-order valence-electron chi connectivity index (χ1n) is 5.14. The molecule has 0 saturated heterocycles. The van der Waals surface area contributed by atoms with Gasteiger partial charge in [0, 0.05) is 4.88 Å². The molecule has 0 saturated carbocycles. The highest BCUT2D eigenvalue weighted by Crippen LogP contribution is 2.26. The zero-order valence-electron chi connectivity index (χ0n) is 9.82. The third-order valence-corrected chi connectivity index (χ3v) is 4.54. The normalized spacial score (nSPS) is 10.4. The molecule has 0 aromatic carbocycles.